The van der Waals surface area contributed by atoms with Gasteiger partial charge in [-0.15, -0.1) is 0 Å². The van der Waals surface area contributed by atoms with Crippen molar-refractivity contribution in [2.45, 2.75) is 19.6 Å². The lowest BCUT2D eigenvalue weighted by Gasteiger charge is -2.31. The highest BCUT2D eigenvalue weighted by Gasteiger charge is 2.17. The van der Waals surface area contributed by atoms with Gasteiger partial charge in [0.15, 0.2) is 0 Å². The van der Waals surface area contributed by atoms with Crippen LogP contribution in [0.4, 0.5) is 0 Å². The zero-order valence-electron chi connectivity index (χ0n) is 10.3. The van der Waals surface area contributed by atoms with Crippen LogP contribution in [0.1, 0.15) is 12.5 Å². The first-order valence-corrected chi connectivity index (χ1v) is 6.64. The van der Waals surface area contributed by atoms with E-state index in [1.165, 1.54) is 5.56 Å². The van der Waals surface area contributed by atoms with Gasteiger partial charge in [0.2, 0.25) is 0 Å². The van der Waals surface area contributed by atoms with Crippen molar-refractivity contribution >= 4 is 15.9 Å². The summed E-state index contributed by atoms with van der Waals surface area (Å²) in [5.74, 6) is 0.907. The summed E-state index contributed by atoms with van der Waals surface area (Å²) in [6, 6.07) is 6.10. The molecule has 0 bridgehead atoms. The Labute approximate surface area is 111 Å². The lowest BCUT2D eigenvalue weighted by atomic mass is 10.2. The maximum Gasteiger partial charge on any atom is 0.119 e. The van der Waals surface area contributed by atoms with E-state index in [1.54, 1.807) is 7.11 Å². The Morgan fingerprint density at radius 2 is 2.35 bits per heavy atom. The van der Waals surface area contributed by atoms with Gasteiger partial charge in [-0.1, -0.05) is 15.9 Å². The molecule has 0 aromatic heterocycles. The van der Waals surface area contributed by atoms with Gasteiger partial charge < -0.3 is 9.47 Å². The third-order valence-electron chi connectivity index (χ3n) is 2.97. The van der Waals surface area contributed by atoms with E-state index in [2.05, 4.69) is 33.8 Å². The lowest BCUT2D eigenvalue weighted by molar-refractivity contribution is -0.0212. The van der Waals surface area contributed by atoms with Crippen LogP contribution in [0.25, 0.3) is 0 Å². The van der Waals surface area contributed by atoms with Gasteiger partial charge in [-0.3, -0.25) is 4.90 Å². The number of morpholine rings is 1. The summed E-state index contributed by atoms with van der Waals surface area (Å²) in [5, 5.41) is 0. The minimum Gasteiger partial charge on any atom is -0.497 e. The zero-order chi connectivity index (χ0) is 12.3. The number of hydrogen-bond donors (Lipinski definition) is 0. The van der Waals surface area contributed by atoms with Crippen LogP contribution >= 0.6 is 15.9 Å². The maximum atomic E-state index is 5.54. The summed E-state index contributed by atoms with van der Waals surface area (Å²) < 4.78 is 11.9. The quantitative estimate of drug-likeness (QED) is 0.856. The molecular weight excluding hydrogens is 282 g/mol. The van der Waals surface area contributed by atoms with E-state index in [-0.39, 0.29) is 0 Å². The summed E-state index contributed by atoms with van der Waals surface area (Å²) in [5.41, 5.74) is 1.26. The van der Waals surface area contributed by atoms with Gasteiger partial charge in [-0.2, -0.15) is 0 Å². The molecule has 0 N–H and O–H groups in total. The minimum atomic E-state index is 0.327. The van der Waals surface area contributed by atoms with Crippen LogP contribution < -0.4 is 4.74 Å². The van der Waals surface area contributed by atoms with Crippen molar-refractivity contribution in [3.8, 4) is 5.75 Å². The molecule has 4 heteroatoms. The standard InChI is InChI=1S/C13H18BrNO2/c1-10-8-15(5-6-17-10)9-11-7-12(16-2)3-4-13(11)14/h3-4,7,10H,5-6,8-9H2,1-2H3. The summed E-state index contributed by atoms with van der Waals surface area (Å²) >= 11 is 3.59. The van der Waals surface area contributed by atoms with Gasteiger partial charge in [0.1, 0.15) is 5.75 Å². The zero-order valence-corrected chi connectivity index (χ0v) is 11.9. The van der Waals surface area contributed by atoms with Crippen molar-refractivity contribution < 1.29 is 9.47 Å². The van der Waals surface area contributed by atoms with Gasteiger partial charge in [-0.05, 0) is 30.7 Å². The number of ether oxygens (including phenoxy) is 2. The molecule has 1 aliphatic heterocycles. The number of hydrogen-bond acceptors (Lipinski definition) is 3. The molecule has 1 unspecified atom stereocenters. The highest BCUT2D eigenvalue weighted by atomic mass is 79.9. The largest absolute Gasteiger partial charge is 0.497 e. The Morgan fingerprint density at radius 1 is 1.53 bits per heavy atom. The third kappa shape index (κ3) is 3.44. The van der Waals surface area contributed by atoms with E-state index in [9.17, 15) is 0 Å². The molecule has 1 heterocycles. The van der Waals surface area contributed by atoms with Crippen LogP contribution in [0.3, 0.4) is 0 Å². The first-order valence-electron chi connectivity index (χ1n) is 5.85. The van der Waals surface area contributed by atoms with E-state index in [4.69, 9.17) is 9.47 Å². The van der Waals surface area contributed by atoms with Gasteiger partial charge in [0.25, 0.3) is 0 Å². The van der Waals surface area contributed by atoms with Crippen LogP contribution in [0.2, 0.25) is 0 Å². The monoisotopic (exact) mass is 299 g/mol. The molecule has 1 aromatic rings. The fourth-order valence-corrected chi connectivity index (χ4v) is 2.45. The SMILES string of the molecule is COc1ccc(Br)c(CN2CCOC(C)C2)c1. The topological polar surface area (TPSA) is 21.7 Å². The smallest absolute Gasteiger partial charge is 0.119 e. The molecule has 1 aromatic carbocycles. The molecule has 0 saturated carbocycles. The number of rotatable bonds is 3. The summed E-state index contributed by atoms with van der Waals surface area (Å²) in [6.45, 7) is 5.86. The normalized spacial score (nSPS) is 21.5. The molecule has 1 saturated heterocycles. The van der Waals surface area contributed by atoms with Crippen molar-refractivity contribution in [3.05, 3.63) is 28.2 Å². The second-order valence-corrected chi connectivity index (χ2v) is 5.23. The van der Waals surface area contributed by atoms with Gasteiger partial charge in [-0.25, -0.2) is 0 Å². The molecule has 17 heavy (non-hydrogen) atoms. The van der Waals surface area contributed by atoms with Crippen LogP contribution in [0, 0.1) is 0 Å². The first kappa shape index (κ1) is 12.9. The lowest BCUT2D eigenvalue weighted by Crippen LogP contribution is -2.40. The number of halogens is 1. The number of benzene rings is 1. The van der Waals surface area contributed by atoms with Crippen LogP contribution in [0.5, 0.6) is 5.75 Å². The van der Waals surface area contributed by atoms with Crippen molar-refractivity contribution in [2.24, 2.45) is 0 Å². The molecule has 1 atom stereocenters. The molecular formula is C13H18BrNO2. The Morgan fingerprint density at radius 3 is 3.06 bits per heavy atom. The fraction of sp³-hybridized carbons (Fsp3) is 0.538. The predicted octanol–water partition coefficient (Wildman–Crippen LogP) is 2.68. The van der Waals surface area contributed by atoms with Gasteiger partial charge >= 0.3 is 0 Å². The van der Waals surface area contributed by atoms with Gasteiger partial charge in [0.05, 0.1) is 19.8 Å². The average Bonchev–Trinajstić information content (AvgIpc) is 2.32. The molecule has 2 rings (SSSR count). The molecule has 3 nitrogen and oxygen atoms in total. The van der Waals surface area contributed by atoms with Crippen molar-refractivity contribution in [1.29, 1.82) is 0 Å². The van der Waals surface area contributed by atoms with Crippen LogP contribution in [-0.4, -0.2) is 37.8 Å². The first-order chi connectivity index (χ1) is 8.19. The van der Waals surface area contributed by atoms with E-state index in [0.29, 0.717) is 6.10 Å². The highest BCUT2D eigenvalue weighted by molar-refractivity contribution is 9.10. The summed E-state index contributed by atoms with van der Waals surface area (Å²) in [4.78, 5) is 2.41. The maximum absolute atomic E-state index is 5.54. The Hall–Kier alpha value is -0.580. The fourth-order valence-electron chi connectivity index (χ4n) is 2.07. The van der Waals surface area contributed by atoms with E-state index in [1.807, 2.05) is 12.1 Å². The summed E-state index contributed by atoms with van der Waals surface area (Å²) in [7, 11) is 1.70. The molecule has 94 valence electrons. The Kier molecular flexibility index (Phi) is 4.42. The predicted molar refractivity (Wildman–Crippen MR) is 71.4 cm³/mol. The average molecular weight is 300 g/mol. The summed E-state index contributed by atoms with van der Waals surface area (Å²) in [6.07, 6.45) is 0.327. The number of nitrogens with zero attached hydrogens (tertiary/aromatic N) is 1. The molecule has 0 radical (unpaired) electrons. The Bertz CT molecular complexity index is 384. The molecule has 0 spiro atoms. The van der Waals surface area contributed by atoms with Crippen molar-refractivity contribution in [1.82, 2.24) is 4.90 Å². The Balaban J connectivity index is 2.06. The van der Waals surface area contributed by atoms with Gasteiger partial charge in [0, 0.05) is 24.1 Å². The van der Waals surface area contributed by atoms with E-state index in [0.717, 1.165) is 36.5 Å². The second kappa shape index (κ2) is 5.85. The van der Waals surface area contributed by atoms with E-state index < -0.39 is 0 Å². The molecule has 0 amide bonds. The van der Waals surface area contributed by atoms with Crippen molar-refractivity contribution in [3.63, 3.8) is 0 Å². The van der Waals surface area contributed by atoms with Crippen molar-refractivity contribution in [2.75, 3.05) is 26.8 Å². The molecule has 1 fully saturated rings. The minimum absolute atomic E-state index is 0.327. The highest BCUT2D eigenvalue weighted by Crippen LogP contribution is 2.24. The van der Waals surface area contributed by atoms with Crippen LogP contribution in [0.15, 0.2) is 22.7 Å². The molecule has 1 aliphatic rings. The molecule has 0 aliphatic carbocycles. The van der Waals surface area contributed by atoms with Crippen LogP contribution in [-0.2, 0) is 11.3 Å². The van der Waals surface area contributed by atoms with E-state index >= 15 is 0 Å². The third-order valence-corrected chi connectivity index (χ3v) is 3.75. The second-order valence-electron chi connectivity index (χ2n) is 4.37. The number of methoxy groups -OCH3 is 1.